The average Bonchev–Trinajstić information content (AvgIpc) is 2.53. The maximum Gasteiger partial charge on any atom is 0.306 e. The lowest BCUT2D eigenvalue weighted by Crippen LogP contribution is -2.09. The summed E-state index contributed by atoms with van der Waals surface area (Å²) in [6.45, 7) is 4.33. The molecule has 1 atom stereocenters. The second kappa shape index (κ2) is 7.86. The summed E-state index contributed by atoms with van der Waals surface area (Å²) in [5.41, 5.74) is 2.00. The summed E-state index contributed by atoms with van der Waals surface area (Å²) in [6, 6.07) is 10.8. The molecule has 0 aromatic heterocycles. The molecule has 0 aliphatic rings. The predicted octanol–water partition coefficient (Wildman–Crippen LogP) is 5.08. The van der Waals surface area contributed by atoms with Crippen LogP contribution in [0.15, 0.2) is 42.5 Å². The molecule has 0 radical (unpaired) electrons. The first kappa shape index (κ1) is 17.1. The number of benzene rings is 2. The van der Waals surface area contributed by atoms with Gasteiger partial charge in [-0.15, -0.1) is 0 Å². The Morgan fingerprint density at radius 2 is 1.83 bits per heavy atom. The monoisotopic (exact) mass is 318 g/mol. The van der Waals surface area contributed by atoms with Gasteiger partial charge in [0.2, 0.25) is 0 Å². The van der Waals surface area contributed by atoms with Gasteiger partial charge in [-0.05, 0) is 35.6 Å². The third kappa shape index (κ3) is 4.62. The lowest BCUT2D eigenvalue weighted by Gasteiger charge is -2.12. The van der Waals surface area contributed by atoms with Crippen molar-refractivity contribution >= 4 is 5.97 Å². The highest BCUT2D eigenvalue weighted by atomic mass is 19.1. The average molecular weight is 318 g/mol. The molecule has 23 heavy (non-hydrogen) atoms. The number of rotatable bonds is 6. The van der Waals surface area contributed by atoms with E-state index in [1.165, 1.54) is 12.1 Å². The molecule has 2 aromatic rings. The number of halogens is 2. The van der Waals surface area contributed by atoms with E-state index in [4.69, 9.17) is 4.74 Å². The number of esters is 1. The maximum atomic E-state index is 13.8. The van der Waals surface area contributed by atoms with Gasteiger partial charge in [-0.25, -0.2) is 8.78 Å². The van der Waals surface area contributed by atoms with Gasteiger partial charge in [0.25, 0.3) is 0 Å². The maximum absolute atomic E-state index is 13.8. The van der Waals surface area contributed by atoms with Gasteiger partial charge < -0.3 is 4.74 Å². The zero-order chi connectivity index (χ0) is 16.8. The van der Waals surface area contributed by atoms with E-state index in [1.807, 2.05) is 26.0 Å². The van der Waals surface area contributed by atoms with E-state index in [2.05, 4.69) is 0 Å². The highest BCUT2D eigenvalue weighted by Gasteiger charge is 2.13. The summed E-state index contributed by atoms with van der Waals surface area (Å²) in [4.78, 5) is 11.6. The van der Waals surface area contributed by atoms with Crippen LogP contribution in [0.4, 0.5) is 8.78 Å². The SMILES string of the molecule is CCCOC(=O)CC(C)c1ccc(-c2ccc(F)cc2F)cc1. The minimum atomic E-state index is -0.595. The minimum absolute atomic E-state index is 0.0199. The van der Waals surface area contributed by atoms with E-state index in [1.54, 1.807) is 12.1 Å². The van der Waals surface area contributed by atoms with Crippen molar-refractivity contribution in [2.24, 2.45) is 0 Å². The van der Waals surface area contributed by atoms with Crippen molar-refractivity contribution in [3.63, 3.8) is 0 Å². The summed E-state index contributed by atoms with van der Waals surface area (Å²) in [6.07, 6.45) is 1.11. The van der Waals surface area contributed by atoms with E-state index in [0.717, 1.165) is 18.1 Å². The van der Waals surface area contributed by atoms with Crippen LogP contribution in [0.2, 0.25) is 0 Å². The Hall–Kier alpha value is -2.23. The second-order valence-corrected chi connectivity index (χ2v) is 5.57. The molecule has 0 aliphatic heterocycles. The molecule has 122 valence electrons. The highest BCUT2D eigenvalue weighted by molar-refractivity contribution is 5.70. The smallest absolute Gasteiger partial charge is 0.306 e. The number of hydrogen-bond donors (Lipinski definition) is 0. The van der Waals surface area contributed by atoms with E-state index in [0.29, 0.717) is 24.2 Å². The second-order valence-electron chi connectivity index (χ2n) is 5.57. The standard InChI is InChI=1S/C19H20F2O2/c1-3-10-23-19(22)11-13(2)14-4-6-15(7-5-14)17-9-8-16(20)12-18(17)21/h4-9,12-13H,3,10-11H2,1-2H3. The highest BCUT2D eigenvalue weighted by Crippen LogP contribution is 2.26. The molecule has 1 unspecified atom stereocenters. The van der Waals surface area contributed by atoms with E-state index in [-0.39, 0.29) is 11.9 Å². The van der Waals surface area contributed by atoms with Crippen molar-refractivity contribution < 1.29 is 18.3 Å². The Bertz CT molecular complexity index is 666. The van der Waals surface area contributed by atoms with Gasteiger partial charge in [0, 0.05) is 11.6 Å². The van der Waals surface area contributed by atoms with Crippen LogP contribution in [-0.2, 0) is 9.53 Å². The molecule has 0 spiro atoms. The van der Waals surface area contributed by atoms with Crippen LogP contribution in [0.5, 0.6) is 0 Å². The number of ether oxygens (including phenoxy) is 1. The van der Waals surface area contributed by atoms with Crippen LogP contribution in [0.1, 0.15) is 38.2 Å². The first-order valence-electron chi connectivity index (χ1n) is 7.72. The molecule has 4 heteroatoms. The Kier molecular flexibility index (Phi) is 5.85. The van der Waals surface area contributed by atoms with Gasteiger partial charge in [0.1, 0.15) is 11.6 Å². The van der Waals surface area contributed by atoms with Crippen molar-refractivity contribution in [2.75, 3.05) is 6.61 Å². The Morgan fingerprint density at radius 1 is 1.13 bits per heavy atom. The third-order valence-corrected chi connectivity index (χ3v) is 3.66. The van der Waals surface area contributed by atoms with Crippen LogP contribution < -0.4 is 0 Å². The molecule has 0 fully saturated rings. The lowest BCUT2D eigenvalue weighted by molar-refractivity contribution is -0.144. The van der Waals surface area contributed by atoms with Gasteiger partial charge in [-0.1, -0.05) is 38.1 Å². The van der Waals surface area contributed by atoms with Gasteiger partial charge >= 0.3 is 5.97 Å². The van der Waals surface area contributed by atoms with Gasteiger partial charge in [0.15, 0.2) is 0 Å². The van der Waals surface area contributed by atoms with Crippen molar-refractivity contribution in [3.8, 4) is 11.1 Å². The molecule has 0 bridgehead atoms. The largest absolute Gasteiger partial charge is 0.466 e. The number of carbonyl (C=O) groups is 1. The first-order valence-corrected chi connectivity index (χ1v) is 7.72. The molecular weight excluding hydrogens is 298 g/mol. The number of carbonyl (C=O) groups excluding carboxylic acids is 1. The molecule has 0 N–H and O–H groups in total. The van der Waals surface area contributed by atoms with Crippen molar-refractivity contribution in [2.45, 2.75) is 32.6 Å². The normalized spacial score (nSPS) is 12.0. The summed E-state index contributed by atoms with van der Waals surface area (Å²) in [7, 11) is 0. The summed E-state index contributed by atoms with van der Waals surface area (Å²) in [5.74, 6) is -1.38. The van der Waals surface area contributed by atoms with E-state index in [9.17, 15) is 13.6 Å². The Labute approximate surface area is 135 Å². The van der Waals surface area contributed by atoms with Crippen LogP contribution in [0, 0.1) is 11.6 Å². The van der Waals surface area contributed by atoms with Crippen LogP contribution >= 0.6 is 0 Å². The molecule has 2 aromatic carbocycles. The zero-order valence-corrected chi connectivity index (χ0v) is 13.3. The topological polar surface area (TPSA) is 26.3 Å². The quantitative estimate of drug-likeness (QED) is 0.694. The number of hydrogen-bond acceptors (Lipinski definition) is 2. The summed E-state index contributed by atoms with van der Waals surface area (Å²) >= 11 is 0. The third-order valence-electron chi connectivity index (χ3n) is 3.66. The van der Waals surface area contributed by atoms with Crippen molar-refractivity contribution in [1.29, 1.82) is 0 Å². The zero-order valence-electron chi connectivity index (χ0n) is 13.3. The molecule has 2 rings (SSSR count). The first-order chi connectivity index (χ1) is 11.0. The Balaban J connectivity index is 2.08. The Morgan fingerprint density at radius 3 is 2.43 bits per heavy atom. The fourth-order valence-corrected chi connectivity index (χ4v) is 2.36. The molecule has 2 nitrogen and oxygen atoms in total. The van der Waals surface area contributed by atoms with E-state index < -0.39 is 11.6 Å². The molecule has 0 heterocycles. The molecule has 0 aliphatic carbocycles. The van der Waals surface area contributed by atoms with Crippen LogP contribution in [0.3, 0.4) is 0 Å². The molecular formula is C19H20F2O2. The molecule has 0 saturated heterocycles. The summed E-state index contributed by atoms with van der Waals surface area (Å²) in [5, 5.41) is 0. The van der Waals surface area contributed by atoms with Gasteiger partial charge in [-0.2, -0.15) is 0 Å². The lowest BCUT2D eigenvalue weighted by atomic mass is 9.95. The van der Waals surface area contributed by atoms with Gasteiger partial charge in [-0.3, -0.25) is 4.79 Å². The van der Waals surface area contributed by atoms with Gasteiger partial charge in [0.05, 0.1) is 13.0 Å². The summed E-state index contributed by atoms with van der Waals surface area (Å²) < 4.78 is 31.8. The van der Waals surface area contributed by atoms with Crippen LogP contribution in [0.25, 0.3) is 11.1 Å². The van der Waals surface area contributed by atoms with Crippen LogP contribution in [-0.4, -0.2) is 12.6 Å². The molecule has 0 saturated carbocycles. The van der Waals surface area contributed by atoms with Crippen molar-refractivity contribution in [1.82, 2.24) is 0 Å². The fraction of sp³-hybridized carbons (Fsp3) is 0.316. The van der Waals surface area contributed by atoms with Crippen molar-refractivity contribution in [3.05, 3.63) is 59.7 Å². The predicted molar refractivity (Wildman–Crippen MR) is 86.1 cm³/mol. The molecule has 0 amide bonds. The minimum Gasteiger partial charge on any atom is -0.466 e. The fourth-order valence-electron chi connectivity index (χ4n) is 2.36. The van der Waals surface area contributed by atoms with E-state index >= 15 is 0 Å².